The van der Waals surface area contributed by atoms with E-state index in [-0.39, 0.29) is 5.78 Å². The van der Waals surface area contributed by atoms with Gasteiger partial charge in [0.15, 0.2) is 5.78 Å². The lowest BCUT2D eigenvalue weighted by molar-refractivity contribution is 0.0905. The highest BCUT2D eigenvalue weighted by molar-refractivity contribution is 6.06. The van der Waals surface area contributed by atoms with Gasteiger partial charge in [0, 0.05) is 12.4 Å². The molecule has 0 bridgehead atoms. The van der Waals surface area contributed by atoms with Crippen molar-refractivity contribution in [2.75, 3.05) is 6.61 Å². The molecule has 0 amide bonds. The van der Waals surface area contributed by atoms with Gasteiger partial charge in [-0.05, 0) is 12.1 Å². The maximum absolute atomic E-state index is 11.2. The summed E-state index contributed by atoms with van der Waals surface area (Å²) in [6, 6.07) is 3.61. The fraction of sp³-hybridized carbons (Fsp3) is 0.111. The van der Waals surface area contributed by atoms with Gasteiger partial charge in [0.05, 0.1) is 16.6 Å². The standard InChI is InChI=1S/C9H8N2O2/c12-5-8(13)6-4-11-7-2-1-3-10-9(6)7/h1-4,11-12H,5H2. The summed E-state index contributed by atoms with van der Waals surface area (Å²) in [6.45, 7) is -0.483. The Hall–Kier alpha value is -1.68. The molecule has 0 saturated carbocycles. The zero-order valence-corrected chi connectivity index (χ0v) is 6.82. The molecule has 13 heavy (non-hydrogen) atoms. The smallest absolute Gasteiger partial charge is 0.191 e. The van der Waals surface area contributed by atoms with Gasteiger partial charge in [-0.3, -0.25) is 9.78 Å². The van der Waals surface area contributed by atoms with E-state index in [1.54, 1.807) is 18.5 Å². The number of nitrogens with zero attached hydrogens (tertiary/aromatic N) is 1. The number of rotatable bonds is 2. The molecule has 0 aliphatic heterocycles. The maximum Gasteiger partial charge on any atom is 0.191 e. The van der Waals surface area contributed by atoms with Crippen molar-refractivity contribution < 1.29 is 9.90 Å². The third-order valence-corrected chi connectivity index (χ3v) is 1.88. The second kappa shape index (κ2) is 2.99. The number of Topliss-reactive ketones (excluding diaryl/α,β-unsaturated/α-hetero) is 1. The molecule has 66 valence electrons. The fourth-order valence-corrected chi connectivity index (χ4v) is 1.25. The van der Waals surface area contributed by atoms with E-state index in [0.29, 0.717) is 11.1 Å². The lowest BCUT2D eigenvalue weighted by Crippen LogP contribution is -2.03. The van der Waals surface area contributed by atoms with E-state index in [1.807, 2.05) is 6.07 Å². The Morgan fingerprint density at radius 1 is 1.62 bits per heavy atom. The van der Waals surface area contributed by atoms with Crippen LogP contribution in [-0.4, -0.2) is 27.5 Å². The van der Waals surface area contributed by atoms with Crippen molar-refractivity contribution in [3.8, 4) is 0 Å². The number of carbonyl (C=O) groups is 1. The van der Waals surface area contributed by atoms with Gasteiger partial charge in [-0.2, -0.15) is 0 Å². The van der Waals surface area contributed by atoms with Crippen molar-refractivity contribution in [2.45, 2.75) is 0 Å². The van der Waals surface area contributed by atoms with Crippen LogP contribution in [-0.2, 0) is 0 Å². The van der Waals surface area contributed by atoms with Gasteiger partial charge >= 0.3 is 0 Å². The average molecular weight is 176 g/mol. The van der Waals surface area contributed by atoms with Crippen LogP contribution in [0.5, 0.6) is 0 Å². The first-order valence-electron chi connectivity index (χ1n) is 3.89. The van der Waals surface area contributed by atoms with Crippen LogP contribution in [0.2, 0.25) is 0 Å². The Bertz CT molecular complexity index is 448. The maximum atomic E-state index is 11.2. The van der Waals surface area contributed by atoms with Gasteiger partial charge in [-0.1, -0.05) is 0 Å². The van der Waals surface area contributed by atoms with E-state index in [2.05, 4.69) is 9.97 Å². The molecule has 0 aromatic carbocycles. The van der Waals surface area contributed by atoms with Gasteiger partial charge in [-0.25, -0.2) is 0 Å². The lowest BCUT2D eigenvalue weighted by atomic mass is 10.2. The molecule has 0 aliphatic rings. The van der Waals surface area contributed by atoms with Gasteiger partial charge in [0.1, 0.15) is 6.61 Å². The molecule has 0 saturated heterocycles. The van der Waals surface area contributed by atoms with Crippen molar-refractivity contribution >= 4 is 16.8 Å². The Morgan fingerprint density at radius 2 is 2.46 bits per heavy atom. The van der Waals surface area contributed by atoms with Gasteiger partial charge < -0.3 is 10.1 Å². The molecule has 0 atom stereocenters. The quantitative estimate of drug-likeness (QED) is 0.663. The first-order chi connectivity index (χ1) is 6.33. The molecule has 4 heteroatoms. The average Bonchev–Trinajstić information content (AvgIpc) is 2.60. The summed E-state index contributed by atoms with van der Waals surface area (Å²) in [5.74, 6) is -0.315. The second-order valence-electron chi connectivity index (χ2n) is 2.68. The van der Waals surface area contributed by atoms with Crippen molar-refractivity contribution in [3.05, 3.63) is 30.1 Å². The minimum atomic E-state index is -0.483. The normalized spacial score (nSPS) is 10.5. The van der Waals surface area contributed by atoms with E-state index in [1.165, 1.54) is 0 Å². The molecule has 0 aliphatic carbocycles. The minimum Gasteiger partial charge on any atom is -0.388 e. The van der Waals surface area contributed by atoms with Crippen LogP contribution in [0.3, 0.4) is 0 Å². The number of hydrogen-bond donors (Lipinski definition) is 2. The number of hydrogen-bond acceptors (Lipinski definition) is 3. The van der Waals surface area contributed by atoms with Crippen LogP contribution in [0.4, 0.5) is 0 Å². The SMILES string of the molecule is O=C(CO)c1c[nH]c2cccnc12. The summed E-state index contributed by atoms with van der Waals surface area (Å²) in [6.07, 6.45) is 3.18. The largest absolute Gasteiger partial charge is 0.388 e. The highest BCUT2D eigenvalue weighted by atomic mass is 16.3. The Balaban J connectivity index is 2.64. The monoisotopic (exact) mass is 176 g/mol. The number of H-pyrrole nitrogens is 1. The molecule has 2 aromatic rings. The molecule has 4 nitrogen and oxygen atoms in total. The number of aromatic nitrogens is 2. The third-order valence-electron chi connectivity index (χ3n) is 1.88. The van der Waals surface area contributed by atoms with E-state index < -0.39 is 6.61 Å². The van der Waals surface area contributed by atoms with Gasteiger partial charge in [0.2, 0.25) is 0 Å². The number of nitrogens with one attached hydrogen (secondary N) is 1. The van der Waals surface area contributed by atoms with Crippen molar-refractivity contribution in [1.29, 1.82) is 0 Å². The predicted octanol–water partition coefficient (Wildman–Crippen LogP) is 0.738. The zero-order chi connectivity index (χ0) is 9.26. The number of aliphatic hydroxyl groups excluding tert-OH is 1. The highest BCUT2D eigenvalue weighted by Gasteiger charge is 2.10. The molecule has 2 heterocycles. The number of aromatic amines is 1. The topological polar surface area (TPSA) is 66.0 Å². The van der Waals surface area contributed by atoms with Crippen LogP contribution >= 0.6 is 0 Å². The molecule has 0 fully saturated rings. The summed E-state index contributed by atoms with van der Waals surface area (Å²) < 4.78 is 0. The van der Waals surface area contributed by atoms with Crippen molar-refractivity contribution in [2.24, 2.45) is 0 Å². The molecule has 0 unspecified atom stereocenters. The predicted molar refractivity (Wildman–Crippen MR) is 47.5 cm³/mol. The number of ketones is 1. The van der Waals surface area contributed by atoms with Crippen LogP contribution in [0, 0.1) is 0 Å². The molecular formula is C9H8N2O2. The van der Waals surface area contributed by atoms with Crippen LogP contribution in [0.25, 0.3) is 11.0 Å². The van der Waals surface area contributed by atoms with Crippen molar-refractivity contribution in [1.82, 2.24) is 9.97 Å². The molecule has 0 spiro atoms. The lowest BCUT2D eigenvalue weighted by Gasteiger charge is -1.92. The molecule has 2 rings (SSSR count). The van der Waals surface area contributed by atoms with Gasteiger partial charge in [0.25, 0.3) is 0 Å². The summed E-state index contributed by atoms with van der Waals surface area (Å²) in [4.78, 5) is 18.1. The van der Waals surface area contributed by atoms with Crippen LogP contribution in [0.1, 0.15) is 10.4 Å². The Morgan fingerprint density at radius 3 is 3.23 bits per heavy atom. The van der Waals surface area contributed by atoms with E-state index in [9.17, 15) is 4.79 Å². The third kappa shape index (κ3) is 1.21. The molecular weight excluding hydrogens is 168 g/mol. The van der Waals surface area contributed by atoms with Crippen LogP contribution < -0.4 is 0 Å². The molecule has 0 radical (unpaired) electrons. The Labute approximate surface area is 74.2 Å². The van der Waals surface area contributed by atoms with Crippen LogP contribution in [0.15, 0.2) is 24.5 Å². The van der Waals surface area contributed by atoms with E-state index in [4.69, 9.17) is 5.11 Å². The summed E-state index contributed by atoms with van der Waals surface area (Å²) in [5, 5.41) is 8.67. The number of aliphatic hydroxyl groups is 1. The minimum absolute atomic E-state index is 0.315. The number of carbonyl (C=O) groups excluding carboxylic acids is 1. The summed E-state index contributed by atoms with van der Waals surface area (Å²) in [7, 11) is 0. The zero-order valence-electron chi connectivity index (χ0n) is 6.82. The first kappa shape index (κ1) is 7.94. The summed E-state index contributed by atoms with van der Waals surface area (Å²) >= 11 is 0. The number of pyridine rings is 1. The van der Waals surface area contributed by atoms with E-state index >= 15 is 0 Å². The van der Waals surface area contributed by atoms with Gasteiger partial charge in [-0.15, -0.1) is 0 Å². The fourth-order valence-electron chi connectivity index (χ4n) is 1.25. The first-order valence-corrected chi connectivity index (χ1v) is 3.89. The summed E-state index contributed by atoms with van der Waals surface area (Å²) in [5.41, 5.74) is 1.86. The molecule has 2 N–H and O–H groups in total. The second-order valence-corrected chi connectivity index (χ2v) is 2.68. The molecule has 2 aromatic heterocycles. The Kier molecular flexibility index (Phi) is 1.83. The number of fused-ring (bicyclic) bond motifs is 1. The van der Waals surface area contributed by atoms with Crippen molar-refractivity contribution in [3.63, 3.8) is 0 Å². The van der Waals surface area contributed by atoms with E-state index in [0.717, 1.165) is 5.52 Å². The highest BCUT2D eigenvalue weighted by Crippen LogP contribution is 2.14.